The van der Waals surface area contributed by atoms with Gasteiger partial charge in [0.2, 0.25) is 0 Å². The number of aromatic nitrogens is 4. The van der Waals surface area contributed by atoms with Crippen molar-refractivity contribution >= 4 is 34.6 Å². The number of halogens is 1. The summed E-state index contributed by atoms with van der Waals surface area (Å²) >= 11 is 11.5. The molecule has 0 fully saturated rings. The maximum atomic E-state index is 6.17. The number of benzene rings is 1. The first-order valence-electron chi connectivity index (χ1n) is 7.38. The third-order valence-electron chi connectivity index (χ3n) is 3.39. The maximum Gasteiger partial charge on any atom is 0.171 e. The molecule has 0 saturated heterocycles. The number of aryl methyl sites for hydroxylation is 1. The van der Waals surface area contributed by atoms with E-state index in [1.165, 1.54) is 0 Å². The van der Waals surface area contributed by atoms with E-state index in [-0.39, 0.29) is 0 Å². The fraction of sp³-hybridized carbons (Fsp3) is 0.188. The van der Waals surface area contributed by atoms with Crippen LogP contribution < -0.4 is 10.6 Å². The zero-order chi connectivity index (χ0) is 16.9. The Hall–Kier alpha value is -2.38. The smallest absolute Gasteiger partial charge is 0.171 e. The van der Waals surface area contributed by atoms with Gasteiger partial charge in [0.15, 0.2) is 5.11 Å². The highest BCUT2D eigenvalue weighted by Crippen LogP contribution is 2.16. The summed E-state index contributed by atoms with van der Waals surface area (Å²) in [4.78, 5) is 0. The van der Waals surface area contributed by atoms with Crippen LogP contribution in [0.3, 0.4) is 0 Å². The monoisotopic (exact) mass is 360 g/mol. The van der Waals surface area contributed by atoms with E-state index in [4.69, 9.17) is 23.8 Å². The van der Waals surface area contributed by atoms with Crippen molar-refractivity contribution in [1.82, 2.24) is 24.9 Å². The van der Waals surface area contributed by atoms with E-state index in [0.29, 0.717) is 18.2 Å². The fourth-order valence-corrected chi connectivity index (χ4v) is 2.62. The van der Waals surface area contributed by atoms with Gasteiger partial charge in [-0.3, -0.25) is 9.36 Å². The maximum absolute atomic E-state index is 6.17. The Kier molecular flexibility index (Phi) is 5.12. The minimum Gasteiger partial charge on any atom is -0.358 e. The summed E-state index contributed by atoms with van der Waals surface area (Å²) < 4.78 is 3.57. The molecule has 0 atom stereocenters. The average Bonchev–Trinajstić information content (AvgIpc) is 3.17. The van der Waals surface area contributed by atoms with Gasteiger partial charge in [-0.05, 0) is 23.8 Å². The van der Waals surface area contributed by atoms with Crippen molar-refractivity contribution in [3.8, 4) is 0 Å². The van der Waals surface area contributed by atoms with Crippen molar-refractivity contribution in [2.24, 2.45) is 7.05 Å². The highest BCUT2D eigenvalue weighted by Gasteiger charge is 2.05. The number of anilines is 1. The Balaban J connectivity index is 1.53. The van der Waals surface area contributed by atoms with E-state index in [9.17, 15) is 0 Å². The standard InChI is InChI=1S/C16H17ClN6S/c1-22-9-12(7-19-22)6-18-16(24)21-14-8-20-23(11-14)10-13-4-2-3-5-15(13)17/h2-5,7-9,11H,6,10H2,1H3,(H2,18,21,24). The normalized spacial score (nSPS) is 10.6. The van der Waals surface area contributed by atoms with Gasteiger partial charge < -0.3 is 10.6 Å². The third kappa shape index (κ3) is 4.33. The second-order valence-corrected chi connectivity index (χ2v) is 6.16. The van der Waals surface area contributed by atoms with E-state index >= 15 is 0 Å². The molecule has 0 amide bonds. The lowest BCUT2D eigenvalue weighted by atomic mass is 10.2. The predicted molar refractivity (Wildman–Crippen MR) is 99.0 cm³/mol. The minimum absolute atomic E-state index is 0.538. The lowest BCUT2D eigenvalue weighted by Crippen LogP contribution is -2.27. The molecule has 0 aliphatic heterocycles. The molecule has 0 aliphatic carbocycles. The number of nitrogens with zero attached hydrogens (tertiary/aromatic N) is 4. The second-order valence-electron chi connectivity index (χ2n) is 5.35. The Morgan fingerprint density at radius 1 is 1.21 bits per heavy atom. The van der Waals surface area contributed by atoms with Crippen LogP contribution in [0.25, 0.3) is 0 Å². The molecule has 0 bridgehead atoms. The summed E-state index contributed by atoms with van der Waals surface area (Å²) in [5.74, 6) is 0. The van der Waals surface area contributed by atoms with Gasteiger partial charge in [0.25, 0.3) is 0 Å². The quantitative estimate of drug-likeness (QED) is 0.685. The molecule has 24 heavy (non-hydrogen) atoms. The van der Waals surface area contributed by atoms with Crippen LogP contribution in [0.15, 0.2) is 49.1 Å². The Morgan fingerprint density at radius 2 is 2.04 bits per heavy atom. The summed E-state index contributed by atoms with van der Waals surface area (Å²) in [5.41, 5.74) is 2.91. The molecule has 8 heteroatoms. The van der Waals surface area contributed by atoms with Crippen molar-refractivity contribution in [3.63, 3.8) is 0 Å². The van der Waals surface area contributed by atoms with E-state index in [2.05, 4.69) is 20.8 Å². The van der Waals surface area contributed by atoms with Gasteiger partial charge in [-0.1, -0.05) is 29.8 Å². The molecule has 3 rings (SSSR count). The van der Waals surface area contributed by atoms with Crippen molar-refractivity contribution in [2.45, 2.75) is 13.1 Å². The average molecular weight is 361 g/mol. The molecule has 0 aliphatic rings. The van der Waals surface area contributed by atoms with E-state index < -0.39 is 0 Å². The zero-order valence-electron chi connectivity index (χ0n) is 13.1. The molecular weight excluding hydrogens is 344 g/mol. The molecule has 3 aromatic rings. The van der Waals surface area contributed by atoms with Gasteiger partial charge in [0.1, 0.15) is 0 Å². The minimum atomic E-state index is 0.538. The molecule has 0 radical (unpaired) electrons. The Bertz CT molecular complexity index is 840. The van der Waals surface area contributed by atoms with Crippen LogP contribution in [-0.2, 0) is 20.1 Å². The summed E-state index contributed by atoms with van der Waals surface area (Å²) in [6.45, 7) is 1.23. The lowest BCUT2D eigenvalue weighted by Gasteiger charge is -2.07. The lowest BCUT2D eigenvalue weighted by molar-refractivity contribution is 0.687. The first-order chi connectivity index (χ1) is 11.6. The Morgan fingerprint density at radius 3 is 2.79 bits per heavy atom. The summed E-state index contributed by atoms with van der Waals surface area (Å²) in [6.07, 6.45) is 7.37. The molecular formula is C16H17ClN6S. The van der Waals surface area contributed by atoms with Crippen LogP contribution in [0.4, 0.5) is 5.69 Å². The highest BCUT2D eigenvalue weighted by molar-refractivity contribution is 7.80. The van der Waals surface area contributed by atoms with Gasteiger partial charge >= 0.3 is 0 Å². The number of thiocarbonyl (C=S) groups is 1. The van der Waals surface area contributed by atoms with Crippen molar-refractivity contribution in [2.75, 3.05) is 5.32 Å². The van der Waals surface area contributed by atoms with Crippen LogP contribution in [-0.4, -0.2) is 24.7 Å². The molecule has 6 nitrogen and oxygen atoms in total. The van der Waals surface area contributed by atoms with Crippen molar-refractivity contribution in [1.29, 1.82) is 0 Å². The highest BCUT2D eigenvalue weighted by atomic mass is 35.5. The SMILES string of the molecule is Cn1cc(CNC(=S)Nc2cnn(Cc3ccccc3Cl)c2)cn1. The topological polar surface area (TPSA) is 59.7 Å². The van der Waals surface area contributed by atoms with Gasteiger partial charge in [-0.25, -0.2) is 0 Å². The molecule has 124 valence electrons. The molecule has 0 unspecified atom stereocenters. The molecule has 2 aromatic heterocycles. The molecule has 2 heterocycles. The largest absolute Gasteiger partial charge is 0.358 e. The van der Waals surface area contributed by atoms with E-state index in [1.54, 1.807) is 17.1 Å². The Labute approximate surface area is 150 Å². The number of hydrogen-bond acceptors (Lipinski definition) is 3. The number of nitrogens with one attached hydrogen (secondary N) is 2. The van der Waals surface area contributed by atoms with Crippen LogP contribution in [0, 0.1) is 0 Å². The molecule has 1 aromatic carbocycles. The fourth-order valence-electron chi connectivity index (χ4n) is 2.24. The first-order valence-corrected chi connectivity index (χ1v) is 8.17. The van der Waals surface area contributed by atoms with Crippen LogP contribution in [0.2, 0.25) is 5.02 Å². The number of hydrogen-bond donors (Lipinski definition) is 2. The van der Waals surface area contributed by atoms with E-state index in [1.807, 2.05) is 48.4 Å². The summed E-state index contributed by atoms with van der Waals surface area (Å²) in [5, 5.41) is 16.0. The summed E-state index contributed by atoms with van der Waals surface area (Å²) in [6, 6.07) is 7.73. The van der Waals surface area contributed by atoms with Crippen LogP contribution in [0.1, 0.15) is 11.1 Å². The first kappa shape index (κ1) is 16.5. The van der Waals surface area contributed by atoms with Crippen molar-refractivity contribution < 1.29 is 0 Å². The van der Waals surface area contributed by atoms with Gasteiger partial charge in [0, 0.05) is 36.6 Å². The summed E-state index contributed by atoms with van der Waals surface area (Å²) in [7, 11) is 1.88. The van der Waals surface area contributed by atoms with Crippen molar-refractivity contribution in [3.05, 3.63) is 65.2 Å². The number of rotatable bonds is 5. The predicted octanol–water partition coefficient (Wildman–Crippen LogP) is 2.80. The zero-order valence-corrected chi connectivity index (χ0v) is 14.7. The molecule has 0 saturated carbocycles. The van der Waals surface area contributed by atoms with Crippen LogP contribution >= 0.6 is 23.8 Å². The molecule has 2 N–H and O–H groups in total. The second kappa shape index (κ2) is 7.46. The molecule has 0 spiro atoms. The van der Waals surface area contributed by atoms with Gasteiger partial charge in [0.05, 0.1) is 24.6 Å². The van der Waals surface area contributed by atoms with Gasteiger partial charge in [-0.2, -0.15) is 10.2 Å². The third-order valence-corrected chi connectivity index (χ3v) is 4.01. The van der Waals surface area contributed by atoms with Gasteiger partial charge in [-0.15, -0.1) is 0 Å². The van der Waals surface area contributed by atoms with E-state index in [0.717, 1.165) is 21.8 Å². The van der Waals surface area contributed by atoms with Crippen LogP contribution in [0.5, 0.6) is 0 Å².